The summed E-state index contributed by atoms with van der Waals surface area (Å²) in [7, 11) is 0. The molecule has 0 bridgehead atoms. The van der Waals surface area contributed by atoms with Gasteiger partial charge in [0.25, 0.3) is 0 Å². The van der Waals surface area contributed by atoms with E-state index in [0.717, 1.165) is 44.0 Å². The van der Waals surface area contributed by atoms with Gasteiger partial charge in [0.15, 0.2) is 0 Å². The molecule has 0 radical (unpaired) electrons. The fourth-order valence-corrected chi connectivity index (χ4v) is 3.81. The van der Waals surface area contributed by atoms with Crippen molar-refractivity contribution in [2.45, 2.75) is 71.6 Å². The van der Waals surface area contributed by atoms with Gasteiger partial charge < -0.3 is 9.47 Å². The van der Waals surface area contributed by atoms with Crippen molar-refractivity contribution in [3.05, 3.63) is 47.2 Å². The fraction of sp³-hybridized carbons (Fsp3) is 0.520. The molecule has 2 nitrogen and oxygen atoms in total. The Labute approximate surface area is 164 Å². The monoisotopic (exact) mass is 366 g/mol. The van der Waals surface area contributed by atoms with E-state index >= 15 is 0 Å². The molecule has 0 aromatic heterocycles. The predicted molar refractivity (Wildman–Crippen MR) is 115 cm³/mol. The van der Waals surface area contributed by atoms with E-state index in [-0.39, 0.29) is 0 Å². The van der Waals surface area contributed by atoms with E-state index in [1.54, 1.807) is 0 Å². The molecule has 0 unspecified atom stereocenters. The molecule has 0 amide bonds. The summed E-state index contributed by atoms with van der Waals surface area (Å²) >= 11 is 0. The number of ether oxygens (including phenoxy) is 2. The Hall–Kier alpha value is -1.96. The highest BCUT2D eigenvalue weighted by atomic mass is 16.5. The molecule has 2 heteroatoms. The van der Waals surface area contributed by atoms with Crippen molar-refractivity contribution in [3.8, 4) is 5.75 Å². The third-order valence-corrected chi connectivity index (χ3v) is 5.30. The molecule has 0 saturated carbocycles. The zero-order chi connectivity index (χ0) is 18.9. The minimum absolute atomic E-state index is 0.801. The Kier molecular flexibility index (Phi) is 7.62. The van der Waals surface area contributed by atoms with E-state index < -0.39 is 0 Å². The van der Waals surface area contributed by atoms with Gasteiger partial charge in [0.2, 0.25) is 0 Å². The van der Waals surface area contributed by atoms with Crippen LogP contribution < -0.4 is 4.74 Å². The van der Waals surface area contributed by atoms with Crippen LogP contribution in [0.15, 0.2) is 36.1 Å². The molecule has 1 aliphatic carbocycles. The van der Waals surface area contributed by atoms with Gasteiger partial charge in [-0.3, -0.25) is 0 Å². The number of hydrogen-bond donors (Lipinski definition) is 0. The molecule has 3 rings (SSSR count). The van der Waals surface area contributed by atoms with Crippen molar-refractivity contribution in [2.75, 3.05) is 13.2 Å². The molecule has 2 aromatic carbocycles. The third kappa shape index (κ3) is 5.51. The molecule has 2 aromatic rings. The van der Waals surface area contributed by atoms with Gasteiger partial charge >= 0.3 is 0 Å². The third-order valence-electron chi connectivity index (χ3n) is 5.30. The van der Waals surface area contributed by atoms with Gasteiger partial charge in [-0.05, 0) is 52.9 Å². The van der Waals surface area contributed by atoms with Crippen molar-refractivity contribution in [1.29, 1.82) is 0 Å². The highest BCUT2D eigenvalue weighted by Crippen LogP contribution is 2.35. The van der Waals surface area contributed by atoms with Gasteiger partial charge in [-0.1, -0.05) is 70.6 Å². The normalized spacial score (nSPS) is 12.9. The molecule has 0 atom stereocenters. The van der Waals surface area contributed by atoms with Gasteiger partial charge in [0.1, 0.15) is 11.5 Å². The van der Waals surface area contributed by atoms with Crippen LogP contribution in [-0.4, -0.2) is 13.2 Å². The second-order valence-corrected chi connectivity index (χ2v) is 7.63. The Morgan fingerprint density at radius 2 is 1.56 bits per heavy atom. The summed E-state index contributed by atoms with van der Waals surface area (Å²) in [5.41, 5.74) is 2.60. The van der Waals surface area contributed by atoms with Crippen molar-refractivity contribution in [3.63, 3.8) is 0 Å². The lowest BCUT2D eigenvalue weighted by atomic mass is 9.92. The predicted octanol–water partition coefficient (Wildman–Crippen LogP) is 7.29. The van der Waals surface area contributed by atoms with E-state index in [9.17, 15) is 0 Å². The SMILES string of the molecule is CCCCCCOC1=Cc2cc(OCCCCCC)cc3cccc(c23)C1. The molecular weight excluding hydrogens is 332 g/mol. The summed E-state index contributed by atoms with van der Waals surface area (Å²) in [4.78, 5) is 0. The van der Waals surface area contributed by atoms with Crippen molar-refractivity contribution < 1.29 is 9.47 Å². The van der Waals surface area contributed by atoms with Gasteiger partial charge in [0.05, 0.1) is 13.2 Å². The Morgan fingerprint density at radius 3 is 2.30 bits per heavy atom. The van der Waals surface area contributed by atoms with Gasteiger partial charge in [0, 0.05) is 6.42 Å². The first-order valence-electron chi connectivity index (χ1n) is 10.8. The average molecular weight is 367 g/mol. The van der Waals surface area contributed by atoms with Crippen LogP contribution >= 0.6 is 0 Å². The second-order valence-electron chi connectivity index (χ2n) is 7.63. The molecule has 0 aliphatic heterocycles. The second kappa shape index (κ2) is 10.4. The lowest BCUT2D eigenvalue weighted by Crippen LogP contribution is -2.05. The first-order valence-corrected chi connectivity index (χ1v) is 10.8. The lowest BCUT2D eigenvalue weighted by molar-refractivity contribution is 0.202. The fourth-order valence-electron chi connectivity index (χ4n) is 3.81. The van der Waals surface area contributed by atoms with Crippen LogP contribution in [0.4, 0.5) is 0 Å². The molecule has 27 heavy (non-hydrogen) atoms. The minimum atomic E-state index is 0.801. The van der Waals surface area contributed by atoms with Crippen molar-refractivity contribution in [2.24, 2.45) is 0 Å². The smallest absolute Gasteiger partial charge is 0.120 e. The topological polar surface area (TPSA) is 18.5 Å². The molecule has 1 aliphatic rings. The maximum Gasteiger partial charge on any atom is 0.120 e. The van der Waals surface area contributed by atoms with Crippen molar-refractivity contribution >= 4 is 16.8 Å². The minimum Gasteiger partial charge on any atom is -0.498 e. The molecular formula is C25H34O2. The molecule has 146 valence electrons. The number of allylic oxidation sites excluding steroid dienone is 1. The maximum absolute atomic E-state index is 6.10. The number of rotatable bonds is 12. The summed E-state index contributed by atoms with van der Waals surface area (Å²) in [5.74, 6) is 2.07. The molecule has 0 N–H and O–H groups in total. The largest absolute Gasteiger partial charge is 0.498 e. The number of hydrogen-bond acceptors (Lipinski definition) is 2. The van der Waals surface area contributed by atoms with E-state index in [0.29, 0.717) is 0 Å². The van der Waals surface area contributed by atoms with Crippen LogP contribution in [0.5, 0.6) is 5.75 Å². The van der Waals surface area contributed by atoms with Gasteiger partial charge in [-0.15, -0.1) is 0 Å². The first kappa shape index (κ1) is 19.8. The summed E-state index contributed by atoms with van der Waals surface area (Å²) < 4.78 is 12.2. The van der Waals surface area contributed by atoms with Crippen LogP contribution in [0.1, 0.15) is 76.3 Å². The molecule has 0 heterocycles. The van der Waals surface area contributed by atoms with Crippen LogP contribution in [0.3, 0.4) is 0 Å². The average Bonchev–Trinajstić information content (AvgIpc) is 2.68. The van der Waals surface area contributed by atoms with Crippen LogP contribution in [-0.2, 0) is 11.2 Å². The van der Waals surface area contributed by atoms with Crippen LogP contribution in [0.25, 0.3) is 16.8 Å². The summed E-state index contributed by atoms with van der Waals surface area (Å²) in [6.07, 6.45) is 13.0. The Morgan fingerprint density at radius 1 is 0.815 bits per heavy atom. The zero-order valence-electron chi connectivity index (χ0n) is 17.1. The Balaban J connectivity index is 1.69. The number of benzene rings is 2. The summed E-state index contributed by atoms with van der Waals surface area (Å²) in [6.45, 7) is 6.10. The number of unbranched alkanes of at least 4 members (excludes halogenated alkanes) is 6. The first-order chi connectivity index (χ1) is 13.3. The molecule has 0 spiro atoms. The highest BCUT2D eigenvalue weighted by molar-refractivity contribution is 5.96. The van der Waals surface area contributed by atoms with Crippen LogP contribution in [0, 0.1) is 0 Å². The van der Waals surface area contributed by atoms with E-state index in [4.69, 9.17) is 9.47 Å². The lowest BCUT2D eigenvalue weighted by Gasteiger charge is -2.20. The molecule has 0 saturated heterocycles. The zero-order valence-corrected chi connectivity index (χ0v) is 17.1. The highest BCUT2D eigenvalue weighted by Gasteiger charge is 2.16. The van der Waals surface area contributed by atoms with E-state index in [1.165, 1.54) is 60.4 Å². The van der Waals surface area contributed by atoms with Gasteiger partial charge in [-0.25, -0.2) is 0 Å². The van der Waals surface area contributed by atoms with Crippen LogP contribution in [0.2, 0.25) is 0 Å². The molecule has 0 fully saturated rings. The van der Waals surface area contributed by atoms with E-state index in [2.05, 4.69) is 50.3 Å². The maximum atomic E-state index is 6.10. The van der Waals surface area contributed by atoms with Crippen molar-refractivity contribution in [1.82, 2.24) is 0 Å². The van der Waals surface area contributed by atoms with Gasteiger partial charge in [-0.2, -0.15) is 0 Å². The standard InChI is InChI=1S/C25H34O2/c1-3-5-7-9-14-26-23-16-20-12-11-13-21-17-24(19-22(18-23)25(20)21)27-15-10-8-6-4-2/h11-13,16,18-19H,3-10,14-15,17H2,1-2H3. The Bertz CT molecular complexity index is 760. The van der Waals surface area contributed by atoms with E-state index in [1.807, 2.05) is 0 Å². The quantitative estimate of drug-likeness (QED) is 0.367. The summed E-state index contributed by atoms with van der Waals surface area (Å²) in [5, 5.41) is 2.63. The summed E-state index contributed by atoms with van der Waals surface area (Å²) in [6, 6.07) is 10.9.